The fourth-order valence-electron chi connectivity index (χ4n) is 1.81. The van der Waals surface area contributed by atoms with Crippen LogP contribution in [0.4, 0.5) is 0 Å². The normalized spacial score (nSPS) is 20.2. The van der Waals surface area contributed by atoms with Crippen molar-refractivity contribution in [2.24, 2.45) is 5.92 Å². The molecular weight excluding hydrogens is 210 g/mol. The SMILES string of the molecule is CCOCCCN1CC(C(=O)OC)CC1=O. The van der Waals surface area contributed by atoms with Gasteiger partial charge in [0, 0.05) is 32.7 Å². The predicted octanol–water partition coefficient (Wildman–Crippen LogP) is 0.434. The highest BCUT2D eigenvalue weighted by Crippen LogP contribution is 2.18. The van der Waals surface area contributed by atoms with E-state index in [0.29, 0.717) is 26.3 Å². The summed E-state index contributed by atoms with van der Waals surface area (Å²) < 4.78 is 9.83. The minimum absolute atomic E-state index is 0.0342. The maximum atomic E-state index is 11.5. The van der Waals surface area contributed by atoms with Crippen LogP contribution in [0.1, 0.15) is 19.8 Å². The minimum atomic E-state index is -0.291. The summed E-state index contributed by atoms with van der Waals surface area (Å²) in [7, 11) is 1.35. The summed E-state index contributed by atoms with van der Waals surface area (Å²) in [5.74, 6) is -0.544. The first-order valence-electron chi connectivity index (χ1n) is 5.62. The van der Waals surface area contributed by atoms with Crippen LogP contribution in [0, 0.1) is 5.92 Å². The number of esters is 1. The van der Waals surface area contributed by atoms with Crippen molar-refractivity contribution in [3.05, 3.63) is 0 Å². The Hall–Kier alpha value is -1.10. The average Bonchev–Trinajstić information content (AvgIpc) is 2.65. The van der Waals surface area contributed by atoms with Gasteiger partial charge in [-0.3, -0.25) is 9.59 Å². The van der Waals surface area contributed by atoms with E-state index in [9.17, 15) is 9.59 Å². The number of ether oxygens (including phenoxy) is 2. The topological polar surface area (TPSA) is 55.8 Å². The Kier molecular flexibility index (Phi) is 5.25. The summed E-state index contributed by atoms with van der Waals surface area (Å²) in [5, 5.41) is 0. The van der Waals surface area contributed by atoms with E-state index in [2.05, 4.69) is 4.74 Å². The fourth-order valence-corrected chi connectivity index (χ4v) is 1.81. The highest BCUT2D eigenvalue weighted by Gasteiger charge is 2.34. The lowest BCUT2D eigenvalue weighted by Crippen LogP contribution is -2.28. The first kappa shape index (κ1) is 13.0. The molecule has 0 aliphatic carbocycles. The number of carbonyl (C=O) groups is 2. The summed E-state index contributed by atoms with van der Waals surface area (Å²) in [6.45, 7) is 4.43. The summed E-state index contributed by atoms with van der Waals surface area (Å²) >= 11 is 0. The Labute approximate surface area is 95.7 Å². The summed E-state index contributed by atoms with van der Waals surface area (Å²) in [6.07, 6.45) is 1.09. The van der Waals surface area contributed by atoms with Gasteiger partial charge in [0.1, 0.15) is 0 Å². The Balaban J connectivity index is 2.28. The van der Waals surface area contributed by atoms with Crippen LogP contribution in [0.15, 0.2) is 0 Å². The quantitative estimate of drug-likeness (QED) is 0.489. The smallest absolute Gasteiger partial charge is 0.310 e. The number of amides is 1. The summed E-state index contributed by atoms with van der Waals surface area (Å²) in [6, 6.07) is 0. The lowest BCUT2D eigenvalue weighted by Gasteiger charge is -2.15. The zero-order valence-corrected chi connectivity index (χ0v) is 9.90. The van der Waals surface area contributed by atoms with Crippen LogP contribution >= 0.6 is 0 Å². The molecule has 1 fully saturated rings. The van der Waals surface area contributed by atoms with Gasteiger partial charge in [0.2, 0.25) is 5.91 Å². The molecule has 92 valence electrons. The first-order chi connectivity index (χ1) is 7.69. The summed E-state index contributed by atoms with van der Waals surface area (Å²) in [4.78, 5) is 24.5. The van der Waals surface area contributed by atoms with Gasteiger partial charge in [0.15, 0.2) is 0 Å². The second kappa shape index (κ2) is 6.48. The number of hydrogen-bond donors (Lipinski definition) is 0. The third-order valence-corrected chi connectivity index (χ3v) is 2.67. The van der Waals surface area contributed by atoms with E-state index in [0.717, 1.165) is 6.42 Å². The largest absolute Gasteiger partial charge is 0.469 e. The standard InChI is InChI=1S/C11H19NO4/c1-3-16-6-4-5-12-8-9(7-10(12)13)11(14)15-2/h9H,3-8H2,1-2H3. The maximum Gasteiger partial charge on any atom is 0.310 e. The molecule has 0 aromatic carbocycles. The Morgan fingerprint density at radius 3 is 2.94 bits per heavy atom. The molecule has 0 saturated carbocycles. The number of rotatable bonds is 6. The summed E-state index contributed by atoms with van der Waals surface area (Å²) in [5.41, 5.74) is 0. The number of hydrogen-bond acceptors (Lipinski definition) is 4. The molecule has 5 nitrogen and oxygen atoms in total. The van der Waals surface area contributed by atoms with Crippen LogP contribution in [0.2, 0.25) is 0 Å². The lowest BCUT2D eigenvalue weighted by atomic mass is 10.1. The van der Waals surface area contributed by atoms with Gasteiger partial charge in [-0.05, 0) is 13.3 Å². The molecule has 0 aromatic rings. The molecule has 16 heavy (non-hydrogen) atoms. The molecule has 0 spiro atoms. The minimum Gasteiger partial charge on any atom is -0.469 e. The molecule has 0 aromatic heterocycles. The first-order valence-corrected chi connectivity index (χ1v) is 5.62. The van der Waals surface area contributed by atoms with E-state index in [4.69, 9.17) is 4.74 Å². The van der Waals surface area contributed by atoms with E-state index in [1.54, 1.807) is 4.90 Å². The molecule has 1 saturated heterocycles. The molecular formula is C11H19NO4. The van der Waals surface area contributed by atoms with Crippen molar-refractivity contribution in [3.8, 4) is 0 Å². The highest BCUT2D eigenvalue weighted by molar-refractivity contribution is 5.86. The molecule has 1 heterocycles. The predicted molar refractivity (Wildman–Crippen MR) is 57.8 cm³/mol. The van der Waals surface area contributed by atoms with E-state index in [-0.39, 0.29) is 24.2 Å². The molecule has 1 unspecified atom stereocenters. The van der Waals surface area contributed by atoms with E-state index >= 15 is 0 Å². The van der Waals surface area contributed by atoms with E-state index in [1.165, 1.54) is 7.11 Å². The second-order valence-electron chi connectivity index (χ2n) is 3.81. The molecule has 0 bridgehead atoms. The molecule has 1 aliphatic rings. The van der Waals surface area contributed by atoms with Gasteiger partial charge in [-0.2, -0.15) is 0 Å². The van der Waals surface area contributed by atoms with Crippen LogP contribution in [0.3, 0.4) is 0 Å². The highest BCUT2D eigenvalue weighted by atomic mass is 16.5. The maximum absolute atomic E-state index is 11.5. The molecule has 0 radical (unpaired) electrons. The van der Waals surface area contributed by atoms with Crippen molar-refractivity contribution >= 4 is 11.9 Å². The Morgan fingerprint density at radius 1 is 1.56 bits per heavy atom. The molecule has 1 atom stereocenters. The third kappa shape index (κ3) is 3.48. The van der Waals surface area contributed by atoms with Gasteiger partial charge in [0.25, 0.3) is 0 Å². The van der Waals surface area contributed by atoms with Gasteiger partial charge in [0.05, 0.1) is 13.0 Å². The molecule has 1 aliphatic heterocycles. The lowest BCUT2D eigenvalue weighted by molar-refractivity contribution is -0.145. The molecule has 1 rings (SSSR count). The van der Waals surface area contributed by atoms with Crippen LogP contribution in [0.25, 0.3) is 0 Å². The number of likely N-dealkylation sites (tertiary alicyclic amines) is 1. The van der Waals surface area contributed by atoms with Gasteiger partial charge in [-0.1, -0.05) is 0 Å². The van der Waals surface area contributed by atoms with Crippen molar-refractivity contribution in [1.82, 2.24) is 4.90 Å². The Morgan fingerprint density at radius 2 is 2.31 bits per heavy atom. The van der Waals surface area contributed by atoms with Gasteiger partial charge < -0.3 is 14.4 Å². The molecule has 0 N–H and O–H groups in total. The van der Waals surface area contributed by atoms with Gasteiger partial charge in [-0.15, -0.1) is 0 Å². The van der Waals surface area contributed by atoms with Crippen molar-refractivity contribution in [2.75, 3.05) is 33.4 Å². The van der Waals surface area contributed by atoms with Crippen LogP contribution < -0.4 is 0 Å². The van der Waals surface area contributed by atoms with Crippen molar-refractivity contribution in [1.29, 1.82) is 0 Å². The van der Waals surface area contributed by atoms with Crippen LogP contribution in [0.5, 0.6) is 0 Å². The van der Waals surface area contributed by atoms with Crippen molar-refractivity contribution < 1.29 is 19.1 Å². The van der Waals surface area contributed by atoms with Gasteiger partial charge >= 0.3 is 5.97 Å². The fraction of sp³-hybridized carbons (Fsp3) is 0.818. The van der Waals surface area contributed by atoms with Crippen LogP contribution in [-0.2, 0) is 19.1 Å². The van der Waals surface area contributed by atoms with E-state index in [1.807, 2.05) is 6.92 Å². The number of methoxy groups -OCH3 is 1. The molecule has 5 heteroatoms. The molecule has 1 amide bonds. The third-order valence-electron chi connectivity index (χ3n) is 2.67. The van der Waals surface area contributed by atoms with Crippen molar-refractivity contribution in [2.45, 2.75) is 19.8 Å². The van der Waals surface area contributed by atoms with Gasteiger partial charge in [-0.25, -0.2) is 0 Å². The number of nitrogens with zero attached hydrogens (tertiary/aromatic N) is 1. The zero-order chi connectivity index (χ0) is 12.0. The zero-order valence-electron chi connectivity index (χ0n) is 9.90. The van der Waals surface area contributed by atoms with Crippen molar-refractivity contribution in [3.63, 3.8) is 0 Å². The second-order valence-corrected chi connectivity index (χ2v) is 3.81. The average molecular weight is 229 g/mol. The number of carbonyl (C=O) groups excluding carboxylic acids is 2. The van der Waals surface area contributed by atoms with E-state index < -0.39 is 0 Å². The Bertz CT molecular complexity index is 254. The monoisotopic (exact) mass is 229 g/mol. The van der Waals surface area contributed by atoms with Crippen LogP contribution in [-0.4, -0.2) is 50.2 Å².